The molecule has 2 aliphatic rings. The van der Waals surface area contributed by atoms with Crippen molar-refractivity contribution >= 4 is 39.8 Å². The van der Waals surface area contributed by atoms with Crippen LogP contribution in [-0.4, -0.2) is 64.3 Å². The number of anilines is 1. The number of hydrogen-bond acceptors (Lipinski definition) is 10. The largest absolute Gasteiger partial charge is 0.382 e. The van der Waals surface area contributed by atoms with Crippen LogP contribution in [0.2, 0.25) is 0 Å². The van der Waals surface area contributed by atoms with Gasteiger partial charge in [0.2, 0.25) is 0 Å². The number of nitrogens with two attached hydrogens (primary N) is 1. The zero-order chi connectivity index (χ0) is 22.7. The van der Waals surface area contributed by atoms with Gasteiger partial charge in [-0.15, -0.1) is 0 Å². The molecule has 2 fully saturated rings. The van der Waals surface area contributed by atoms with Crippen LogP contribution in [0.4, 0.5) is 5.82 Å². The topological polar surface area (TPSA) is 159 Å². The Bertz CT molecular complexity index is 1400. The summed E-state index contributed by atoms with van der Waals surface area (Å²) in [6, 6.07) is 0. The van der Waals surface area contributed by atoms with Gasteiger partial charge in [0.25, 0.3) is 5.56 Å². The maximum Gasteiger partial charge on any atom is 0.260 e. The summed E-state index contributed by atoms with van der Waals surface area (Å²) in [7, 11) is 0. The molecule has 4 atom stereocenters. The highest BCUT2D eigenvalue weighted by atomic mass is 32.2. The summed E-state index contributed by atoms with van der Waals surface area (Å²) in [5.74, 6) is 0.845. The van der Waals surface area contributed by atoms with Crippen molar-refractivity contribution in [1.82, 2.24) is 34.5 Å². The van der Waals surface area contributed by atoms with Gasteiger partial charge in [0.15, 0.2) is 23.5 Å². The molecule has 4 N–H and O–H groups in total. The zero-order valence-electron chi connectivity index (χ0n) is 17.9. The minimum absolute atomic E-state index is 0.156. The first-order valence-electron chi connectivity index (χ1n) is 10.5. The molecule has 6 heterocycles. The molecule has 0 saturated carbocycles. The van der Waals surface area contributed by atoms with E-state index in [2.05, 4.69) is 29.9 Å². The molecule has 172 valence electrons. The van der Waals surface area contributed by atoms with E-state index in [1.165, 1.54) is 12.7 Å². The molecule has 2 saturated heterocycles. The van der Waals surface area contributed by atoms with Gasteiger partial charge in [-0.05, 0) is 19.4 Å². The van der Waals surface area contributed by atoms with Crippen molar-refractivity contribution in [2.75, 3.05) is 11.5 Å². The van der Waals surface area contributed by atoms with E-state index in [-0.39, 0.29) is 23.9 Å². The Morgan fingerprint density at radius 3 is 2.91 bits per heavy atom. The van der Waals surface area contributed by atoms with E-state index in [4.69, 9.17) is 19.9 Å². The summed E-state index contributed by atoms with van der Waals surface area (Å²) in [6.07, 6.45) is 4.97. The molecule has 0 bridgehead atoms. The number of ether oxygens (including phenoxy) is 3. The number of thioether (sulfide) groups is 1. The highest BCUT2D eigenvalue weighted by Gasteiger charge is 2.56. The average Bonchev–Trinajstić information content (AvgIpc) is 3.52. The highest BCUT2D eigenvalue weighted by molar-refractivity contribution is 7.98. The quantitative estimate of drug-likeness (QED) is 0.388. The Hall–Kier alpha value is -3.00. The normalized spacial score (nSPS) is 26.4. The predicted octanol–water partition coefficient (Wildman–Crippen LogP) is 1.32. The summed E-state index contributed by atoms with van der Waals surface area (Å²) in [4.78, 5) is 34.7. The van der Waals surface area contributed by atoms with Crippen molar-refractivity contribution < 1.29 is 14.2 Å². The third-order valence-electron chi connectivity index (χ3n) is 5.88. The minimum atomic E-state index is -0.736. The lowest BCUT2D eigenvalue weighted by atomic mass is 10.1. The van der Waals surface area contributed by atoms with Crippen molar-refractivity contribution in [3.05, 3.63) is 41.1 Å². The summed E-state index contributed by atoms with van der Waals surface area (Å²) in [5.41, 5.74) is 8.37. The second-order valence-corrected chi connectivity index (χ2v) is 9.53. The fraction of sp³-hybridized carbons (Fsp3) is 0.450. The van der Waals surface area contributed by atoms with E-state index in [0.717, 1.165) is 5.56 Å². The van der Waals surface area contributed by atoms with Gasteiger partial charge in [0.05, 0.1) is 24.1 Å². The van der Waals surface area contributed by atoms with Gasteiger partial charge in [-0.1, -0.05) is 0 Å². The van der Waals surface area contributed by atoms with Gasteiger partial charge >= 0.3 is 0 Å². The molecule has 0 unspecified atom stereocenters. The van der Waals surface area contributed by atoms with E-state index in [0.29, 0.717) is 39.5 Å². The van der Waals surface area contributed by atoms with Crippen LogP contribution in [0.25, 0.3) is 22.2 Å². The number of nitrogen functional groups attached to an aromatic ring is 1. The van der Waals surface area contributed by atoms with Gasteiger partial charge < -0.3 is 29.9 Å². The predicted molar refractivity (Wildman–Crippen MR) is 120 cm³/mol. The molecule has 4 aromatic rings. The number of nitrogens with one attached hydrogen (secondary N) is 2. The lowest BCUT2D eigenvalue weighted by Gasteiger charge is -2.24. The van der Waals surface area contributed by atoms with Crippen molar-refractivity contribution in [3.63, 3.8) is 0 Å². The lowest BCUT2D eigenvalue weighted by molar-refractivity contribution is -0.193. The van der Waals surface area contributed by atoms with Crippen molar-refractivity contribution in [2.45, 2.75) is 49.9 Å². The Morgan fingerprint density at radius 2 is 2.03 bits per heavy atom. The molecule has 12 nitrogen and oxygen atoms in total. The maximum absolute atomic E-state index is 12.2. The smallest absolute Gasteiger partial charge is 0.260 e. The van der Waals surface area contributed by atoms with E-state index in [9.17, 15) is 4.79 Å². The average molecular weight is 471 g/mol. The van der Waals surface area contributed by atoms with Crippen LogP contribution in [0.3, 0.4) is 0 Å². The molecule has 0 amide bonds. The Kier molecular flexibility index (Phi) is 4.69. The molecular weight excluding hydrogens is 448 g/mol. The highest BCUT2D eigenvalue weighted by Crippen LogP contribution is 2.44. The molecule has 4 aromatic heterocycles. The second-order valence-electron chi connectivity index (χ2n) is 8.50. The number of aromatic nitrogens is 7. The van der Waals surface area contributed by atoms with E-state index in [1.54, 1.807) is 18.1 Å². The molecule has 0 radical (unpaired) electrons. The molecular formula is C20H22N8O4S. The van der Waals surface area contributed by atoms with Crippen LogP contribution < -0.4 is 11.3 Å². The molecule has 0 aliphatic carbocycles. The Morgan fingerprint density at radius 1 is 1.18 bits per heavy atom. The van der Waals surface area contributed by atoms with E-state index in [1.807, 2.05) is 24.6 Å². The van der Waals surface area contributed by atoms with Crippen molar-refractivity contribution in [2.24, 2.45) is 0 Å². The summed E-state index contributed by atoms with van der Waals surface area (Å²) >= 11 is 1.65. The number of fused-ring (bicyclic) bond motifs is 3. The molecule has 2 aliphatic heterocycles. The van der Waals surface area contributed by atoms with E-state index < -0.39 is 12.0 Å². The van der Waals surface area contributed by atoms with Gasteiger partial charge in [-0.3, -0.25) is 9.36 Å². The Balaban J connectivity index is 1.24. The molecule has 6 rings (SSSR count). The monoisotopic (exact) mass is 470 g/mol. The SMILES string of the molecule is CC1(C)O[C@@H]2[C@H](O1)[C@@H](CSCc1c[nH]c3nc[nH]c(=O)c13)O[C@H]2n1cnc2c(N)ncnc21. The second kappa shape index (κ2) is 7.52. The Labute approximate surface area is 191 Å². The van der Waals surface area contributed by atoms with Gasteiger partial charge in [0, 0.05) is 17.7 Å². The lowest BCUT2D eigenvalue weighted by Crippen LogP contribution is -2.31. The van der Waals surface area contributed by atoms with Crippen LogP contribution in [0.15, 0.2) is 30.0 Å². The standard InChI is InChI=1S/C20H22N8O4S/c1-20(2)31-13-10(5-33-4-9-3-22-16-11(9)18(29)26-7-24-16)30-19(14(13)32-20)28-8-27-12-15(21)23-6-25-17(12)28/h3,6-8,10,13-14,19H,4-5H2,1-2H3,(H2,21,23,25)(H2,22,24,26,29)/t10-,13-,14-,19-/m1/s1. The number of aromatic amines is 2. The first kappa shape index (κ1) is 20.6. The zero-order valence-corrected chi connectivity index (χ0v) is 18.7. The van der Waals surface area contributed by atoms with Gasteiger partial charge in [0.1, 0.15) is 29.7 Å². The van der Waals surface area contributed by atoms with Crippen molar-refractivity contribution in [3.8, 4) is 0 Å². The van der Waals surface area contributed by atoms with Crippen LogP contribution in [0.5, 0.6) is 0 Å². The fourth-order valence-electron chi connectivity index (χ4n) is 4.51. The van der Waals surface area contributed by atoms with Crippen molar-refractivity contribution in [1.29, 1.82) is 0 Å². The molecule has 33 heavy (non-hydrogen) atoms. The number of nitrogens with zero attached hydrogens (tertiary/aromatic N) is 5. The summed E-state index contributed by atoms with van der Waals surface area (Å²) < 4.78 is 20.6. The molecule has 0 spiro atoms. The third-order valence-corrected chi connectivity index (χ3v) is 6.96. The number of H-pyrrole nitrogens is 2. The molecule has 13 heteroatoms. The van der Waals surface area contributed by atoms with Crippen LogP contribution in [0, 0.1) is 0 Å². The number of hydrogen-bond donors (Lipinski definition) is 3. The number of imidazole rings is 1. The minimum Gasteiger partial charge on any atom is -0.382 e. The summed E-state index contributed by atoms with van der Waals surface area (Å²) in [6.45, 7) is 3.79. The third kappa shape index (κ3) is 3.39. The van der Waals surface area contributed by atoms with Crippen LogP contribution >= 0.6 is 11.8 Å². The first-order chi connectivity index (χ1) is 15.9. The van der Waals surface area contributed by atoms with Gasteiger partial charge in [-0.25, -0.2) is 19.9 Å². The number of rotatable bonds is 5. The van der Waals surface area contributed by atoms with Crippen LogP contribution in [0.1, 0.15) is 25.6 Å². The van der Waals surface area contributed by atoms with Crippen LogP contribution in [-0.2, 0) is 20.0 Å². The summed E-state index contributed by atoms with van der Waals surface area (Å²) in [5, 5.41) is 0.580. The van der Waals surface area contributed by atoms with Gasteiger partial charge in [-0.2, -0.15) is 11.8 Å². The maximum atomic E-state index is 12.2. The van der Waals surface area contributed by atoms with E-state index >= 15 is 0 Å². The first-order valence-corrected chi connectivity index (χ1v) is 11.6. The fourth-order valence-corrected chi connectivity index (χ4v) is 5.57. The molecule has 0 aromatic carbocycles.